The van der Waals surface area contributed by atoms with Crippen molar-refractivity contribution in [1.82, 2.24) is 9.97 Å². The molecule has 1 aliphatic carbocycles. The molecule has 0 aliphatic heterocycles. The van der Waals surface area contributed by atoms with E-state index in [1.165, 1.54) is 6.20 Å². The van der Waals surface area contributed by atoms with Crippen molar-refractivity contribution >= 4 is 40.7 Å². The number of allylic oxidation sites excluding steroid dienone is 1. The lowest BCUT2D eigenvalue weighted by molar-refractivity contribution is -0.118. The van der Waals surface area contributed by atoms with Crippen LogP contribution in [0.1, 0.15) is 36.7 Å². The van der Waals surface area contributed by atoms with Gasteiger partial charge in [-0.15, -0.1) is 0 Å². The molecule has 1 saturated carbocycles. The molecular weight excluding hydrogens is 342 g/mol. The molecule has 2 amide bonds. The third-order valence-electron chi connectivity index (χ3n) is 3.67. The molecule has 9 nitrogen and oxygen atoms in total. The molecule has 10 heteroatoms. The molecule has 2 rings (SSSR count). The van der Waals surface area contributed by atoms with E-state index in [2.05, 4.69) is 20.6 Å². The van der Waals surface area contributed by atoms with Crippen LogP contribution >= 0.6 is 12.2 Å². The number of anilines is 2. The summed E-state index contributed by atoms with van der Waals surface area (Å²) in [6.45, 7) is 1.80. The van der Waals surface area contributed by atoms with Crippen molar-refractivity contribution in [2.75, 3.05) is 10.6 Å². The first kappa shape index (κ1) is 18.6. The van der Waals surface area contributed by atoms with Crippen LogP contribution in [0.25, 0.3) is 0 Å². The number of rotatable bonds is 8. The Morgan fingerprint density at radius 1 is 1.40 bits per heavy atom. The highest BCUT2D eigenvalue weighted by molar-refractivity contribution is 7.81. The van der Waals surface area contributed by atoms with Crippen molar-refractivity contribution in [2.24, 2.45) is 23.1 Å². The SMILES string of the molecule is CC[C@@H](Nc1cnc(C(N)=O)c(NC(=S)/C=C(\N)C2CC2)n1)C(N)=O. The normalized spacial score (nSPS) is 15.3. The molecule has 1 heterocycles. The van der Waals surface area contributed by atoms with Crippen LogP contribution in [0, 0.1) is 5.92 Å². The number of primary amides is 2. The molecular formula is C15H21N7O2S. The molecule has 1 aromatic heterocycles. The summed E-state index contributed by atoms with van der Waals surface area (Å²) < 4.78 is 0. The van der Waals surface area contributed by atoms with Crippen molar-refractivity contribution in [3.8, 4) is 0 Å². The van der Waals surface area contributed by atoms with Gasteiger partial charge in [-0.1, -0.05) is 19.1 Å². The van der Waals surface area contributed by atoms with Crippen LogP contribution in [-0.4, -0.2) is 32.8 Å². The zero-order valence-electron chi connectivity index (χ0n) is 13.8. The summed E-state index contributed by atoms with van der Waals surface area (Å²) in [6.07, 6.45) is 5.48. The Morgan fingerprint density at radius 2 is 2.08 bits per heavy atom. The minimum atomic E-state index is -0.759. The molecule has 1 fully saturated rings. The smallest absolute Gasteiger partial charge is 0.271 e. The third-order valence-corrected chi connectivity index (χ3v) is 3.89. The van der Waals surface area contributed by atoms with Crippen molar-refractivity contribution in [3.63, 3.8) is 0 Å². The zero-order chi connectivity index (χ0) is 18.6. The average Bonchev–Trinajstić information content (AvgIpc) is 3.36. The molecule has 0 bridgehead atoms. The second-order valence-corrected chi connectivity index (χ2v) is 6.17. The van der Waals surface area contributed by atoms with Crippen LogP contribution in [-0.2, 0) is 4.79 Å². The van der Waals surface area contributed by atoms with Crippen molar-refractivity contribution in [1.29, 1.82) is 0 Å². The van der Waals surface area contributed by atoms with Crippen LogP contribution in [0.3, 0.4) is 0 Å². The fourth-order valence-corrected chi connectivity index (χ4v) is 2.35. The summed E-state index contributed by atoms with van der Waals surface area (Å²) in [5.74, 6) is -0.573. The second kappa shape index (κ2) is 7.88. The Bertz CT molecular complexity index is 731. The highest BCUT2D eigenvalue weighted by Gasteiger charge is 2.24. The number of aromatic nitrogens is 2. The Hall–Kier alpha value is -2.75. The molecule has 8 N–H and O–H groups in total. The Balaban J connectivity index is 2.22. The van der Waals surface area contributed by atoms with Crippen molar-refractivity contribution < 1.29 is 9.59 Å². The number of carbonyl (C=O) groups is 2. The van der Waals surface area contributed by atoms with Gasteiger partial charge in [0.1, 0.15) is 16.8 Å². The van der Waals surface area contributed by atoms with E-state index in [9.17, 15) is 9.59 Å². The average molecular weight is 363 g/mol. The van der Waals surface area contributed by atoms with E-state index in [1.807, 2.05) is 0 Å². The molecule has 25 heavy (non-hydrogen) atoms. The van der Waals surface area contributed by atoms with E-state index in [-0.39, 0.29) is 17.3 Å². The molecule has 0 aromatic carbocycles. The van der Waals surface area contributed by atoms with Gasteiger partial charge in [-0.2, -0.15) is 0 Å². The quantitative estimate of drug-likeness (QED) is 0.324. The Labute approximate surface area is 150 Å². The number of nitrogens with two attached hydrogens (primary N) is 3. The number of nitrogens with one attached hydrogen (secondary N) is 2. The molecule has 1 atom stereocenters. The first-order valence-electron chi connectivity index (χ1n) is 7.82. The summed E-state index contributed by atoms with van der Waals surface area (Å²) >= 11 is 5.22. The summed E-state index contributed by atoms with van der Waals surface area (Å²) in [5.41, 5.74) is 17.1. The van der Waals surface area contributed by atoms with Crippen LogP contribution < -0.4 is 27.8 Å². The highest BCUT2D eigenvalue weighted by atomic mass is 32.1. The van der Waals surface area contributed by atoms with Crippen molar-refractivity contribution in [3.05, 3.63) is 23.7 Å². The molecule has 0 unspecified atom stereocenters. The number of hydrogen-bond donors (Lipinski definition) is 5. The molecule has 0 radical (unpaired) electrons. The maximum atomic E-state index is 11.5. The van der Waals surface area contributed by atoms with E-state index in [0.717, 1.165) is 12.8 Å². The van der Waals surface area contributed by atoms with E-state index in [1.54, 1.807) is 13.0 Å². The number of carbonyl (C=O) groups excluding carboxylic acids is 2. The van der Waals surface area contributed by atoms with Crippen LogP contribution in [0.5, 0.6) is 0 Å². The third kappa shape index (κ3) is 5.11. The molecule has 1 aromatic rings. The highest BCUT2D eigenvalue weighted by Crippen LogP contribution is 2.33. The van der Waals surface area contributed by atoms with Gasteiger partial charge in [-0.3, -0.25) is 9.59 Å². The zero-order valence-corrected chi connectivity index (χ0v) is 14.6. The maximum Gasteiger partial charge on any atom is 0.271 e. The number of nitrogens with zero attached hydrogens (tertiary/aromatic N) is 2. The molecule has 0 spiro atoms. The molecule has 1 aliphatic rings. The minimum Gasteiger partial charge on any atom is -0.402 e. The lowest BCUT2D eigenvalue weighted by Crippen LogP contribution is -2.35. The second-order valence-electron chi connectivity index (χ2n) is 5.73. The van der Waals surface area contributed by atoms with E-state index >= 15 is 0 Å². The van der Waals surface area contributed by atoms with Gasteiger partial charge in [-0.05, 0) is 31.3 Å². The van der Waals surface area contributed by atoms with Gasteiger partial charge in [0.25, 0.3) is 5.91 Å². The van der Waals surface area contributed by atoms with Gasteiger partial charge in [0.15, 0.2) is 11.5 Å². The monoisotopic (exact) mass is 363 g/mol. The number of thiocarbonyl (C=S) groups is 1. The van der Waals surface area contributed by atoms with Gasteiger partial charge < -0.3 is 27.8 Å². The van der Waals surface area contributed by atoms with Gasteiger partial charge >= 0.3 is 0 Å². The predicted octanol–water partition coefficient (Wildman–Crippen LogP) is 0.243. The van der Waals surface area contributed by atoms with Crippen LogP contribution in [0.2, 0.25) is 0 Å². The fraction of sp³-hybridized carbons (Fsp3) is 0.400. The molecule has 0 saturated heterocycles. The Morgan fingerprint density at radius 3 is 2.60 bits per heavy atom. The summed E-state index contributed by atoms with van der Waals surface area (Å²) in [5, 5.41) is 5.66. The fourth-order valence-electron chi connectivity index (χ4n) is 2.12. The van der Waals surface area contributed by atoms with E-state index in [4.69, 9.17) is 29.4 Å². The van der Waals surface area contributed by atoms with Crippen LogP contribution in [0.4, 0.5) is 11.6 Å². The van der Waals surface area contributed by atoms with Gasteiger partial charge in [-0.25, -0.2) is 9.97 Å². The first-order valence-corrected chi connectivity index (χ1v) is 8.23. The van der Waals surface area contributed by atoms with E-state index in [0.29, 0.717) is 23.0 Å². The Kier molecular flexibility index (Phi) is 5.86. The summed E-state index contributed by atoms with van der Waals surface area (Å²) in [4.78, 5) is 31.4. The summed E-state index contributed by atoms with van der Waals surface area (Å²) in [7, 11) is 0. The van der Waals surface area contributed by atoms with Gasteiger partial charge in [0.05, 0.1) is 6.20 Å². The predicted molar refractivity (Wildman–Crippen MR) is 98.7 cm³/mol. The minimum absolute atomic E-state index is 0.0709. The topological polar surface area (TPSA) is 162 Å². The van der Waals surface area contributed by atoms with Gasteiger partial charge in [0, 0.05) is 5.70 Å². The van der Waals surface area contributed by atoms with E-state index < -0.39 is 17.9 Å². The number of hydrogen-bond acceptors (Lipinski definition) is 7. The van der Waals surface area contributed by atoms with Crippen LogP contribution in [0.15, 0.2) is 18.0 Å². The maximum absolute atomic E-state index is 11.5. The lowest BCUT2D eigenvalue weighted by Gasteiger charge is -2.15. The number of amides is 2. The largest absolute Gasteiger partial charge is 0.402 e. The van der Waals surface area contributed by atoms with Crippen molar-refractivity contribution in [2.45, 2.75) is 32.2 Å². The van der Waals surface area contributed by atoms with Gasteiger partial charge in [0.2, 0.25) is 5.91 Å². The molecule has 134 valence electrons. The first-order chi connectivity index (χ1) is 11.8. The standard InChI is InChI=1S/C15H21N7O2S/c1-2-9(13(17)23)20-10-6-19-12(14(18)24)15(21-10)22-11(25)5-8(16)7-3-4-7/h5-7,9H,2-4,16H2,1H3,(H2,17,23)(H2,18,24)(H2,20,21,22,25)/b8-5-/t9-/m1/s1. The lowest BCUT2D eigenvalue weighted by atomic mass is 10.2. The summed E-state index contributed by atoms with van der Waals surface area (Å²) in [6, 6.07) is -0.612.